The van der Waals surface area contributed by atoms with Crippen LogP contribution in [-0.2, 0) is 0 Å². The Kier molecular flexibility index (Phi) is 4.09. The minimum absolute atomic E-state index is 0.223. The molecule has 0 radical (unpaired) electrons. The number of ketones is 1. The van der Waals surface area contributed by atoms with Gasteiger partial charge in [-0.15, -0.1) is 0 Å². The van der Waals surface area contributed by atoms with Crippen LogP contribution in [0, 0.1) is 19.7 Å². The molecule has 20 heavy (non-hydrogen) atoms. The summed E-state index contributed by atoms with van der Waals surface area (Å²) in [5.74, 6) is 0.234. The third-order valence-corrected chi connectivity index (χ3v) is 3.42. The number of carbonyl (C=O) groups is 1. The minimum atomic E-state index is -0.421. The molecular formula is C16H14ClFO2. The van der Waals surface area contributed by atoms with Gasteiger partial charge in [0.15, 0.2) is 5.78 Å². The van der Waals surface area contributed by atoms with Crippen molar-refractivity contribution < 1.29 is 13.9 Å². The van der Waals surface area contributed by atoms with Crippen LogP contribution in [0.3, 0.4) is 0 Å². The zero-order chi connectivity index (χ0) is 14.9. The van der Waals surface area contributed by atoms with Crippen molar-refractivity contribution in [2.75, 3.05) is 0 Å². The molecule has 0 saturated heterocycles. The number of aryl methyl sites for hydroxylation is 2. The van der Waals surface area contributed by atoms with Gasteiger partial charge in [0.05, 0.1) is 5.56 Å². The molecule has 0 spiro atoms. The highest BCUT2D eigenvalue weighted by molar-refractivity contribution is 6.31. The summed E-state index contributed by atoms with van der Waals surface area (Å²) in [5.41, 5.74) is 1.52. The van der Waals surface area contributed by atoms with E-state index >= 15 is 0 Å². The molecule has 0 N–H and O–H groups in total. The van der Waals surface area contributed by atoms with Crippen molar-refractivity contribution in [3.8, 4) is 11.5 Å². The summed E-state index contributed by atoms with van der Waals surface area (Å²) >= 11 is 5.95. The number of ether oxygens (including phenoxy) is 1. The molecule has 0 unspecified atom stereocenters. The Morgan fingerprint density at radius 1 is 1.15 bits per heavy atom. The van der Waals surface area contributed by atoms with Gasteiger partial charge in [-0.2, -0.15) is 0 Å². The van der Waals surface area contributed by atoms with E-state index < -0.39 is 5.82 Å². The van der Waals surface area contributed by atoms with Crippen LogP contribution in [0.4, 0.5) is 4.39 Å². The lowest BCUT2D eigenvalue weighted by Crippen LogP contribution is -2.00. The van der Waals surface area contributed by atoms with Crippen molar-refractivity contribution in [1.82, 2.24) is 0 Å². The quantitative estimate of drug-likeness (QED) is 0.736. The molecular weight excluding hydrogens is 279 g/mol. The zero-order valence-electron chi connectivity index (χ0n) is 11.5. The second-order valence-electron chi connectivity index (χ2n) is 4.67. The molecule has 2 rings (SSSR count). The summed E-state index contributed by atoms with van der Waals surface area (Å²) in [6, 6.07) is 7.92. The van der Waals surface area contributed by atoms with Gasteiger partial charge < -0.3 is 4.74 Å². The average Bonchev–Trinajstić information content (AvgIpc) is 2.37. The van der Waals surface area contributed by atoms with Gasteiger partial charge in [0.1, 0.15) is 17.3 Å². The topological polar surface area (TPSA) is 26.3 Å². The van der Waals surface area contributed by atoms with Crippen LogP contribution in [0.2, 0.25) is 5.02 Å². The fourth-order valence-electron chi connectivity index (χ4n) is 1.82. The third-order valence-electron chi connectivity index (χ3n) is 3.00. The summed E-state index contributed by atoms with van der Waals surface area (Å²) in [6.07, 6.45) is 0. The molecule has 0 atom stereocenters. The average molecular weight is 293 g/mol. The van der Waals surface area contributed by atoms with Gasteiger partial charge >= 0.3 is 0 Å². The highest BCUT2D eigenvalue weighted by atomic mass is 35.5. The molecule has 104 valence electrons. The second-order valence-corrected chi connectivity index (χ2v) is 5.07. The van der Waals surface area contributed by atoms with Crippen molar-refractivity contribution in [1.29, 1.82) is 0 Å². The molecule has 2 aromatic carbocycles. The molecule has 0 saturated carbocycles. The SMILES string of the molecule is CC(=O)c1cc(F)c(C)cc1Oc1ccc(Cl)c(C)c1. The lowest BCUT2D eigenvalue weighted by Gasteiger charge is -2.12. The Hall–Kier alpha value is -1.87. The van der Waals surface area contributed by atoms with Crippen LogP contribution in [0.15, 0.2) is 30.3 Å². The van der Waals surface area contributed by atoms with Gasteiger partial charge in [0.2, 0.25) is 0 Å². The van der Waals surface area contributed by atoms with Gasteiger partial charge in [-0.25, -0.2) is 4.39 Å². The van der Waals surface area contributed by atoms with Gasteiger partial charge in [-0.05, 0) is 62.2 Å². The van der Waals surface area contributed by atoms with E-state index in [1.807, 2.05) is 6.92 Å². The van der Waals surface area contributed by atoms with Crippen LogP contribution >= 0.6 is 11.6 Å². The monoisotopic (exact) mass is 292 g/mol. The fourth-order valence-corrected chi connectivity index (χ4v) is 1.94. The molecule has 0 bridgehead atoms. The van der Waals surface area contributed by atoms with Crippen molar-refractivity contribution >= 4 is 17.4 Å². The molecule has 0 aliphatic heterocycles. The van der Waals surface area contributed by atoms with E-state index in [1.54, 1.807) is 25.1 Å². The maximum atomic E-state index is 13.6. The maximum Gasteiger partial charge on any atom is 0.163 e. The highest BCUT2D eigenvalue weighted by Gasteiger charge is 2.13. The summed E-state index contributed by atoms with van der Waals surface area (Å²) < 4.78 is 19.2. The molecule has 2 aromatic rings. The largest absolute Gasteiger partial charge is 0.457 e. The third kappa shape index (κ3) is 2.99. The number of hydrogen-bond acceptors (Lipinski definition) is 2. The first kappa shape index (κ1) is 14.5. The molecule has 4 heteroatoms. The Balaban J connectivity index is 2.44. The summed E-state index contributed by atoms with van der Waals surface area (Å²) in [7, 11) is 0. The van der Waals surface area contributed by atoms with Crippen LogP contribution < -0.4 is 4.74 Å². The lowest BCUT2D eigenvalue weighted by atomic mass is 10.1. The highest BCUT2D eigenvalue weighted by Crippen LogP contribution is 2.30. The summed E-state index contributed by atoms with van der Waals surface area (Å²) in [6.45, 7) is 4.86. The first-order chi connectivity index (χ1) is 9.38. The number of halogens is 2. The predicted molar refractivity (Wildman–Crippen MR) is 77.4 cm³/mol. The zero-order valence-corrected chi connectivity index (χ0v) is 12.2. The van der Waals surface area contributed by atoms with Crippen LogP contribution in [-0.4, -0.2) is 5.78 Å². The van der Waals surface area contributed by atoms with Crippen molar-refractivity contribution in [2.24, 2.45) is 0 Å². The number of benzene rings is 2. The number of Topliss-reactive ketones (excluding diaryl/α,β-unsaturated/α-hetero) is 1. The Labute approximate surface area is 122 Å². The summed E-state index contributed by atoms with van der Waals surface area (Å²) in [5, 5.41) is 0.638. The van der Waals surface area contributed by atoms with Crippen molar-refractivity contribution in [3.05, 3.63) is 57.9 Å². The van der Waals surface area contributed by atoms with E-state index in [-0.39, 0.29) is 11.3 Å². The van der Waals surface area contributed by atoms with Crippen LogP contribution in [0.25, 0.3) is 0 Å². The molecule has 0 aromatic heterocycles. The Morgan fingerprint density at radius 2 is 1.85 bits per heavy atom. The van der Waals surface area contributed by atoms with E-state index in [4.69, 9.17) is 16.3 Å². The number of hydrogen-bond donors (Lipinski definition) is 0. The minimum Gasteiger partial charge on any atom is -0.457 e. The van der Waals surface area contributed by atoms with Gasteiger partial charge in [0.25, 0.3) is 0 Å². The maximum absolute atomic E-state index is 13.6. The molecule has 0 aliphatic carbocycles. The number of rotatable bonds is 3. The van der Waals surface area contributed by atoms with E-state index in [1.165, 1.54) is 19.1 Å². The van der Waals surface area contributed by atoms with Crippen LogP contribution in [0.1, 0.15) is 28.4 Å². The van der Waals surface area contributed by atoms with Crippen LogP contribution in [0.5, 0.6) is 11.5 Å². The standard InChI is InChI=1S/C16H14ClFO2/c1-9-6-12(4-5-14(9)17)20-16-7-10(2)15(18)8-13(16)11(3)19/h4-8H,1-3H3. The van der Waals surface area contributed by atoms with E-state index in [2.05, 4.69) is 0 Å². The molecule has 0 amide bonds. The van der Waals surface area contributed by atoms with Gasteiger partial charge in [0, 0.05) is 5.02 Å². The molecule has 0 heterocycles. The van der Waals surface area contributed by atoms with Crippen molar-refractivity contribution in [2.45, 2.75) is 20.8 Å². The van der Waals surface area contributed by atoms with Gasteiger partial charge in [-0.3, -0.25) is 4.79 Å². The first-order valence-corrected chi connectivity index (χ1v) is 6.51. The fraction of sp³-hybridized carbons (Fsp3) is 0.188. The van der Waals surface area contributed by atoms with E-state index in [0.717, 1.165) is 5.56 Å². The van der Waals surface area contributed by atoms with Crippen molar-refractivity contribution in [3.63, 3.8) is 0 Å². The molecule has 0 aliphatic rings. The predicted octanol–water partition coefficient (Wildman–Crippen LogP) is 5.09. The van der Waals surface area contributed by atoms with E-state index in [0.29, 0.717) is 22.1 Å². The molecule has 2 nitrogen and oxygen atoms in total. The van der Waals surface area contributed by atoms with Gasteiger partial charge in [-0.1, -0.05) is 11.6 Å². The Morgan fingerprint density at radius 3 is 2.45 bits per heavy atom. The number of carbonyl (C=O) groups excluding carboxylic acids is 1. The second kappa shape index (κ2) is 5.63. The lowest BCUT2D eigenvalue weighted by molar-refractivity contribution is 0.101. The first-order valence-electron chi connectivity index (χ1n) is 6.13. The van der Waals surface area contributed by atoms with E-state index in [9.17, 15) is 9.18 Å². The summed E-state index contributed by atoms with van der Waals surface area (Å²) in [4.78, 5) is 11.6. The normalized spacial score (nSPS) is 10.4. The smallest absolute Gasteiger partial charge is 0.163 e. The molecule has 0 fully saturated rings. The Bertz CT molecular complexity index is 680.